The van der Waals surface area contributed by atoms with Gasteiger partial charge in [-0.25, -0.2) is 15.0 Å². The number of nitrogens with two attached hydrogens (primary N) is 1. The standard InChI is InChI=1S/C14H23N7O/c1-3-4-5-10(6-15)20-11(22)7-21(2)14-12-13(17-8-16-12)18-9-19-14/h8-10H,3-7,15H2,1-2H3,(H,20,22)(H,16,17,18,19). The molecule has 0 aliphatic carbocycles. The summed E-state index contributed by atoms with van der Waals surface area (Å²) in [6.45, 7) is 2.77. The maximum Gasteiger partial charge on any atom is 0.239 e. The molecule has 0 saturated heterocycles. The van der Waals surface area contributed by atoms with Crippen LogP contribution in [0, 0.1) is 0 Å². The van der Waals surface area contributed by atoms with E-state index < -0.39 is 0 Å². The fraction of sp³-hybridized carbons (Fsp3) is 0.571. The highest BCUT2D eigenvalue weighted by Crippen LogP contribution is 2.17. The molecular weight excluding hydrogens is 282 g/mol. The number of anilines is 1. The van der Waals surface area contributed by atoms with Gasteiger partial charge in [-0.3, -0.25) is 4.79 Å². The third-order valence-electron chi connectivity index (χ3n) is 3.50. The molecule has 0 spiro atoms. The second kappa shape index (κ2) is 7.69. The van der Waals surface area contributed by atoms with Gasteiger partial charge in [-0.15, -0.1) is 0 Å². The Labute approximate surface area is 129 Å². The number of carbonyl (C=O) groups excluding carboxylic acids is 1. The average molecular weight is 305 g/mol. The number of aromatic nitrogens is 4. The number of H-pyrrole nitrogens is 1. The Kier molecular flexibility index (Phi) is 5.65. The fourth-order valence-corrected chi connectivity index (χ4v) is 2.30. The summed E-state index contributed by atoms with van der Waals surface area (Å²) < 4.78 is 0. The first-order valence-corrected chi connectivity index (χ1v) is 7.50. The molecule has 0 bridgehead atoms. The Bertz CT molecular complexity index is 612. The molecule has 2 heterocycles. The summed E-state index contributed by atoms with van der Waals surface area (Å²) in [4.78, 5) is 29.3. The molecular formula is C14H23N7O. The summed E-state index contributed by atoms with van der Waals surface area (Å²) in [5, 5.41) is 2.97. The van der Waals surface area contributed by atoms with Crippen molar-refractivity contribution in [3.05, 3.63) is 12.7 Å². The predicted molar refractivity (Wildman–Crippen MR) is 85.5 cm³/mol. The van der Waals surface area contributed by atoms with Crippen LogP contribution in [0.4, 0.5) is 5.82 Å². The molecule has 0 radical (unpaired) electrons. The molecule has 4 N–H and O–H groups in total. The number of carbonyl (C=O) groups is 1. The van der Waals surface area contributed by atoms with Crippen molar-refractivity contribution in [2.75, 3.05) is 25.0 Å². The van der Waals surface area contributed by atoms with E-state index in [0.29, 0.717) is 18.0 Å². The van der Waals surface area contributed by atoms with E-state index in [1.807, 2.05) is 7.05 Å². The third kappa shape index (κ3) is 3.91. The second-order valence-corrected chi connectivity index (χ2v) is 5.30. The first-order chi connectivity index (χ1) is 10.7. The van der Waals surface area contributed by atoms with Crippen LogP contribution in [0.1, 0.15) is 26.2 Å². The van der Waals surface area contributed by atoms with Crippen molar-refractivity contribution in [3.8, 4) is 0 Å². The number of unbranched alkanes of at least 4 members (excludes halogenated alkanes) is 1. The third-order valence-corrected chi connectivity index (χ3v) is 3.50. The van der Waals surface area contributed by atoms with Gasteiger partial charge in [0.25, 0.3) is 0 Å². The molecule has 1 amide bonds. The number of nitrogens with zero attached hydrogens (tertiary/aromatic N) is 4. The summed E-state index contributed by atoms with van der Waals surface area (Å²) in [5.41, 5.74) is 7.01. The van der Waals surface area contributed by atoms with Crippen LogP contribution in [0.25, 0.3) is 11.2 Å². The second-order valence-electron chi connectivity index (χ2n) is 5.30. The Morgan fingerprint density at radius 2 is 2.27 bits per heavy atom. The van der Waals surface area contributed by atoms with E-state index in [1.165, 1.54) is 6.33 Å². The van der Waals surface area contributed by atoms with E-state index >= 15 is 0 Å². The number of likely N-dealkylation sites (N-methyl/N-ethyl adjacent to an activating group) is 1. The fourth-order valence-electron chi connectivity index (χ4n) is 2.30. The van der Waals surface area contributed by atoms with Gasteiger partial charge in [0.2, 0.25) is 5.91 Å². The van der Waals surface area contributed by atoms with E-state index in [-0.39, 0.29) is 18.5 Å². The molecule has 0 aromatic carbocycles. The largest absolute Gasteiger partial charge is 0.351 e. The summed E-state index contributed by atoms with van der Waals surface area (Å²) in [5.74, 6) is 0.579. The zero-order valence-corrected chi connectivity index (χ0v) is 13.0. The van der Waals surface area contributed by atoms with Crippen molar-refractivity contribution in [1.82, 2.24) is 25.3 Å². The number of hydrogen-bond acceptors (Lipinski definition) is 6. The molecule has 0 aliphatic rings. The maximum absolute atomic E-state index is 12.2. The molecule has 2 aromatic rings. The van der Waals surface area contributed by atoms with Crippen LogP contribution in [-0.4, -0.2) is 52.0 Å². The maximum atomic E-state index is 12.2. The van der Waals surface area contributed by atoms with Crippen LogP contribution in [0.2, 0.25) is 0 Å². The van der Waals surface area contributed by atoms with Gasteiger partial charge in [0, 0.05) is 19.6 Å². The van der Waals surface area contributed by atoms with Crippen molar-refractivity contribution in [2.45, 2.75) is 32.2 Å². The highest BCUT2D eigenvalue weighted by atomic mass is 16.2. The minimum absolute atomic E-state index is 0.0263. The number of amides is 1. The molecule has 120 valence electrons. The lowest BCUT2D eigenvalue weighted by molar-refractivity contribution is -0.120. The molecule has 8 heteroatoms. The predicted octanol–water partition coefficient (Wildman–Crippen LogP) is 0.423. The van der Waals surface area contributed by atoms with E-state index in [2.05, 4.69) is 32.2 Å². The van der Waals surface area contributed by atoms with Crippen LogP contribution in [0.5, 0.6) is 0 Å². The first-order valence-electron chi connectivity index (χ1n) is 7.50. The van der Waals surface area contributed by atoms with Crippen molar-refractivity contribution in [2.24, 2.45) is 5.73 Å². The highest BCUT2D eigenvalue weighted by Gasteiger charge is 2.15. The normalized spacial score (nSPS) is 12.3. The minimum atomic E-state index is -0.0691. The van der Waals surface area contributed by atoms with Gasteiger partial charge in [0.1, 0.15) is 11.8 Å². The molecule has 0 fully saturated rings. The number of hydrogen-bond donors (Lipinski definition) is 3. The Morgan fingerprint density at radius 3 is 3.00 bits per heavy atom. The van der Waals surface area contributed by atoms with Gasteiger partial charge in [-0.05, 0) is 6.42 Å². The van der Waals surface area contributed by atoms with Crippen molar-refractivity contribution in [1.29, 1.82) is 0 Å². The number of aromatic amines is 1. The monoisotopic (exact) mass is 305 g/mol. The van der Waals surface area contributed by atoms with Gasteiger partial charge in [-0.1, -0.05) is 19.8 Å². The van der Waals surface area contributed by atoms with E-state index in [0.717, 1.165) is 24.8 Å². The van der Waals surface area contributed by atoms with Gasteiger partial charge in [-0.2, -0.15) is 0 Å². The summed E-state index contributed by atoms with van der Waals surface area (Å²) in [6, 6.07) is 0.0263. The molecule has 8 nitrogen and oxygen atoms in total. The van der Waals surface area contributed by atoms with Crippen LogP contribution in [0.3, 0.4) is 0 Å². The molecule has 0 aliphatic heterocycles. The number of imidazole rings is 1. The quantitative estimate of drug-likeness (QED) is 0.651. The Hall–Kier alpha value is -2.22. The number of rotatable bonds is 8. The van der Waals surface area contributed by atoms with Crippen LogP contribution >= 0.6 is 0 Å². The summed E-state index contributed by atoms with van der Waals surface area (Å²) in [7, 11) is 1.81. The lowest BCUT2D eigenvalue weighted by Crippen LogP contribution is -2.44. The topological polar surface area (TPSA) is 113 Å². The first kappa shape index (κ1) is 16.2. The average Bonchev–Trinajstić information content (AvgIpc) is 2.99. The van der Waals surface area contributed by atoms with Gasteiger partial charge >= 0.3 is 0 Å². The zero-order valence-electron chi connectivity index (χ0n) is 13.0. The summed E-state index contributed by atoms with van der Waals surface area (Å²) in [6.07, 6.45) is 6.05. The van der Waals surface area contributed by atoms with E-state index in [4.69, 9.17) is 5.73 Å². The molecule has 1 atom stereocenters. The molecule has 1 unspecified atom stereocenters. The lowest BCUT2D eigenvalue weighted by atomic mass is 10.1. The van der Waals surface area contributed by atoms with E-state index in [1.54, 1.807) is 11.2 Å². The van der Waals surface area contributed by atoms with Crippen LogP contribution in [-0.2, 0) is 4.79 Å². The molecule has 2 rings (SSSR count). The van der Waals surface area contributed by atoms with Gasteiger partial charge < -0.3 is 20.9 Å². The Morgan fingerprint density at radius 1 is 1.45 bits per heavy atom. The number of fused-ring (bicyclic) bond motifs is 1. The van der Waals surface area contributed by atoms with Gasteiger partial charge in [0.05, 0.1) is 12.9 Å². The van der Waals surface area contributed by atoms with Crippen molar-refractivity contribution >= 4 is 22.9 Å². The Balaban J connectivity index is 1.97. The van der Waals surface area contributed by atoms with E-state index in [9.17, 15) is 4.79 Å². The SMILES string of the molecule is CCCCC(CN)NC(=O)CN(C)c1ncnc2nc[nH]c12. The van der Waals surface area contributed by atoms with Crippen molar-refractivity contribution < 1.29 is 4.79 Å². The molecule has 22 heavy (non-hydrogen) atoms. The minimum Gasteiger partial charge on any atom is -0.351 e. The zero-order chi connectivity index (χ0) is 15.9. The number of nitrogens with one attached hydrogen (secondary N) is 2. The van der Waals surface area contributed by atoms with Crippen LogP contribution < -0.4 is 16.0 Å². The summed E-state index contributed by atoms with van der Waals surface area (Å²) >= 11 is 0. The van der Waals surface area contributed by atoms with Crippen molar-refractivity contribution in [3.63, 3.8) is 0 Å². The molecule has 0 saturated carbocycles. The highest BCUT2D eigenvalue weighted by molar-refractivity contribution is 5.87. The van der Waals surface area contributed by atoms with Gasteiger partial charge in [0.15, 0.2) is 11.5 Å². The smallest absolute Gasteiger partial charge is 0.239 e. The molecule has 2 aromatic heterocycles. The van der Waals surface area contributed by atoms with Crippen LogP contribution in [0.15, 0.2) is 12.7 Å². The lowest BCUT2D eigenvalue weighted by Gasteiger charge is -2.21.